The van der Waals surface area contributed by atoms with Crippen LogP contribution >= 0.6 is 0 Å². The van der Waals surface area contributed by atoms with Gasteiger partial charge in [0.25, 0.3) is 0 Å². The van der Waals surface area contributed by atoms with Crippen molar-refractivity contribution in [3.63, 3.8) is 0 Å². The molecule has 0 aliphatic carbocycles. The average molecular weight is 301 g/mol. The zero-order chi connectivity index (χ0) is 16.5. The molecule has 0 radical (unpaired) electrons. The molecule has 0 amide bonds. The lowest BCUT2D eigenvalue weighted by Gasteiger charge is -2.02. The second kappa shape index (κ2) is 8.37. The van der Waals surface area contributed by atoms with Crippen LogP contribution in [0.2, 0.25) is 0 Å². The molecule has 0 fully saturated rings. The van der Waals surface area contributed by atoms with Gasteiger partial charge in [0.2, 0.25) is 5.78 Å². The highest BCUT2D eigenvalue weighted by atomic mass is 16.5. The molecule has 0 bridgehead atoms. The van der Waals surface area contributed by atoms with E-state index < -0.39 is 24.0 Å². The Morgan fingerprint density at radius 1 is 1.32 bits per heavy atom. The Morgan fingerprint density at radius 3 is 2.59 bits per heavy atom. The van der Waals surface area contributed by atoms with Crippen LogP contribution in [-0.2, 0) is 14.3 Å². The van der Waals surface area contributed by atoms with Crippen LogP contribution in [0.3, 0.4) is 0 Å². The Kier molecular flexibility index (Phi) is 6.51. The molecule has 1 N–H and O–H groups in total. The average Bonchev–Trinajstić information content (AvgIpc) is 2.48. The second-order valence-electron chi connectivity index (χ2n) is 4.30. The second-order valence-corrected chi connectivity index (χ2v) is 4.30. The third-order valence-corrected chi connectivity index (χ3v) is 2.69. The smallest absolute Gasteiger partial charge is 0.313 e. The van der Waals surface area contributed by atoms with Crippen LogP contribution in [0.4, 0.5) is 0 Å². The summed E-state index contributed by atoms with van der Waals surface area (Å²) in [6.45, 7) is 1.80. The predicted molar refractivity (Wildman–Crippen MR) is 77.0 cm³/mol. The van der Waals surface area contributed by atoms with Gasteiger partial charge < -0.3 is 9.84 Å². The van der Waals surface area contributed by atoms with E-state index in [0.29, 0.717) is 0 Å². The van der Waals surface area contributed by atoms with Crippen molar-refractivity contribution in [2.75, 3.05) is 6.61 Å². The summed E-state index contributed by atoms with van der Waals surface area (Å²) in [5.74, 6) is -2.03. The molecule has 1 aromatic rings. The number of ether oxygens (including phenoxy) is 1. The summed E-state index contributed by atoms with van der Waals surface area (Å²) in [6, 6.07) is 7.50. The van der Waals surface area contributed by atoms with Crippen LogP contribution in [0.1, 0.15) is 30.1 Å². The number of phenolic OH excluding ortho intramolecular Hbond substituents is 1. The van der Waals surface area contributed by atoms with Crippen molar-refractivity contribution in [1.82, 2.24) is 0 Å². The monoisotopic (exact) mass is 301 g/mol. The van der Waals surface area contributed by atoms with Gasteiger partial charge in [-0.3, -0.25) is 14.4 Å². The number of Topliss-reactive ketones (excluding diaryl/α,β-unsaturated/α-hetero) is 2. The van der Waals surface area contributed by atoms with E-state index in [4.69, 9.17) is 5.26 Å². The number of hydrogen-bond donors (Lipinski definition) is 1. The molecule has 0 unspecified atom stereocenters. The number of allylic oxidation sites excluding steroid dienone is 2. The van der Waals surface area contributed by atoms with Gasteiger partial charge in [-0.05, 0) is 19.1 Å². The zero-order valence-electron chi connectivity index (χ0n) is 12.0. The van der Waals surface area contributed by atoms with E-state index in [2.05, 4.69) is 4.74 Å². The fourth-order valence-corrected chi connectivity index (χ4v) is 1.66. The number of esters is 1. The molecule has 6 heteroatoms. The van der Waals surface area contributed by atoms with Gasteiger partial charge in [-0.25, -0.2) is 0 Å². The van der Waals surface area contributed by atoms with E-state index in [1.54, 1.807) is 25.1 Å². The molecular formula is C16H15NO5. The number of para-hydroxylation sites is 1. The molecular weight excluding hydrogens is 286 g/mol. The number of aromatic hydroxyl groups is 1. The van der Waals surface area contributed by atoms with Gasteiger partial charge in [0, 0.05) is 6.42 Å². The standard InChI is InChI=1S/C16H15NO5/c1-2-22-15(20)9-12(18)8-7-11(10-17)16(21)13-5-3-4-6-14(13)19/h3-7,19H,2,8-9H2,1H3/b11-7+. The highest BCUT2D eigenvalue weighted by molar-refractivity contribution is 6.13. The van der Waals surface area contributed by atoms with Crippen molar-refractivity contribution in [2.24, 2.45) is 0 Å². The van der Waals surface area contributed by atoms with Crippen LogP contribution in [0.15, 0.2) is 35.9 Å². The first kappa shape index (κ1) is 17.1. The lowest BCUT2D eigenvalue weighted by molar-refractivity contribution is -0.145. The number of ketones is 2. The van der Waals surface area contributed by atoms with Crippen LogP contribution in [0.25, 0.3) is 0 Å². The third kappa shape index (κ3) is 4.87. The lowest BCUT2D eigenvalue weighted by atomic mass is 10.0. The Morgan fingerprint density at radius 2 is 2.00 bits per heavy atom. The van der Waals surface area contributed by atoms with Gasteiger partial charge in [-0.15, -0.1) is 0 Å². The van der Waals surface area contributed by atoms with Gasteiger partial charge in [-0.1, -0.05) is 18.2 Å². The van der Waals surface area contributed by atoms with Gasteiger partial charge in [0.15, 0.2) is 0 Å². The maximum atomic E-state index is 12.1. The fraction of sp³-hybridized carbons (Fsp3) is 0.250. The molecule has 1 aromatic carbocycles. The van der Waals surface area contributed by atoms with Crippen molar-refractivity contribution < 1.29 is 24.2 Å². The zero-order valence-corrected chi connectivity index (χ0v) is 12.0. The van der Waals surface area contributed by atoms with E-state index in [1.807, 2.05) is 0 Å². The van der Waals surface area contributed by atoms with Crippen molar-refractivity contribution in [3.8, 4) is 11.8 Å². The van der Waals surface area contributed by atoms with E-state index in [0.717, 1.165) is 6.08 Å². The van der Waals surface area contributed by atoms with Crippen molar-refractivity contribution in [3.05, 3.63) is 41.5 Å². The molecule has 0 aromatic heterocycles. The number of nitriles is 1. The normalized spacial score (nSPS) is 10.6. The molecule has 0 aliphatic heterocycles. The van der Waals surface area contributed by atoms with Crippen molar-refractivity contribution in [1.29, 1.82) is 5.26 Å². The molecule has 22 heavy (non-hydrogen) atoms. The molecule has 1 rings (SSSR count). The van der Waals surface area contributed by atoms with Gasteiger partial charge in [0.1, 0.15) is 24.0 Å². The quantitative estimate of drug-likeness (QED) is 0.271. The van der Waals surface area contributed by atoms with Crippen LogP contribution < -0.4 is 0 Å². The highest BCUT2D eigenvalue weighted by Gasteiger charge is 2.16. The minimum atomic E-state index is -0.676. The maximum Gasteiger partial charge on any atom is 0.313 e. The van der Waals surface area contributed by atoms with E-state index in [9.17, 15) is 19.5 Å². The lowest BCUT2D eigenvalue weighted by Crippen LogP contribution is -2.11. The molecule has 0 aliphatic rings. The number of nitrogens with zero attached hydrogens (tertiary/aromatic N) is 1. The molecule has 0 saturated carbocycles. The first-order chi connectivity index (χ1) is 10.5. The Hall–Kier alpha value is -2.94. The summed E-state index contributed by atoms with van der Waals surface area (Å²) in [6.07, 6.45) is 0.505. The van der Waals surface area contributed by atoms with Crippen molar-refractivity contribution >= 4 is 17.5 Å². The van der Waals surface area contributed by atoms with E-state index in [-0.39, 0.29) is 29.9 Å². The number of carbonyl (C=O) groups is 3. The first-order valence-corrected chi connectivity index (χ1v) is 6.59. The molecule has 0 saturated heterocycles. The topological polar surface area (TPSA) is 104 Å². The van der Waals surface area contributed by atoms with Crippen molar-refractivity contribution in [2.45, 2.75) is 19.8 Å². The first-order valence-electron chi connectivity index (χ1n) is 6.59. The third-order valence-electron chi connectivity index (χ3n) is 2.69. The number of benzene rings is 1. The number of carbonyl (C=O) groups excluding carboxylic acids is 3. The largest absolute Gasteiger partial charge is 0.507 e. The number of phenols is 1. The molecule has 114 valence electrons. The van der Waals surface area contributed by atoms with Gasteiger partial charge in [-0.2, -0.15) is 5.26 Å². The molecule has 6 nitrogen and oxygen atoms in total. The Bertz CT molecular complexity index is 655. The molecule has 0 atom stereocenters. The van der Waals surface area contributed by atoms with Crippen LogP contribution in [-0.4, -0.2) is 29.2 Å². The van der Waals surface area contributed by atoms with Crippen LogP contribution in [0, 0.1) is 11.3 Å². The van der Waals surface area contributed by atoms with Gasteiger partial charge >= 0.3 is 5.97 Å². The SMILES string of the molecule is CCOC(=O)CC(=O)C/C=C(\C#N)C(=O)c1ccccc1O. The maximum absolute atomic E-state index is 12.1. The minimum absolute atomic E-state index is 0.0202. The summed E-state index contributed by atoms with van der Waals surface area (Å²) >= 11 is 0. The number of rotatable bonds is 7. The summed E-state index contributed by atoms with van der Waals surface area (Å²) in [5, 5.41) is 18.6. The van der Waals surface area contributed by atoms with Gasteiger partial charge in [0.05, 0.1) is 17.7 Å². The fourth-order valence-electron chi connectivity index (χ4n) is 1.66. The Balaban J connectivity index is 2.78. The highest BCUT2D eigenvalue weighted by Crippen LogP contribution is 2.19. The molecule has 0 spiro atoms. The summed E-state index contributed by atoms with van der Waals surface area (Å²) in [5.41, 5.74) is -0.285. The predicted octanol–water partition coefficient (Wildman–Crippen LogP) is 1.94. The number of hydrogen-bond acceptors (Lipinski definition) is 6. The summed E-state index contributed by atoms with van der Waals surface area (Å²) in [4.78, 5) is 34.8. The minimum Gasteiger partial charge on any atom is -0.507 e. The Labute approximate surface area is 127 Å². The summed E-state index contributed by atoms with van der Waals surface area (Å²) < 4.78 is 4.63. The molecule has 0 heterocycles. The van der Waals surface area contributed by atoms with E-state index in [1.165, 1.54) is 12.1 Å². The van der Waals surface area contributed by atoms with Crippen LogP contribution in [0.5, 0.6) is 5.75 Å². The van der Waals surface area contributed by atoms with E-state index >= 15 is 0 Å². The summed E-state index contributed by atoms with van der Waals surface area (Å²) in [7, 11) is 0.